The van der Waals surface area contributed by atoms with Gasteiger partial charge in [0.05, 0.1) is 14.2 Å². The molecule has 1 N–H and O–H groups in total. The summed E-state index contributed by atoms with van der Waals surface area (Å²) < 4.78 is 10.7. The van der Waals surface area contributed by atoms with Crippen LogP contribution in [-0.2, 0) is 6.54 Å². The highest BCUT2D eigenvalue weighted by Crippen LogP contribution is 2.25. The summed E-state index contributed by atoms with van der Waals surface area (Å²) in [5.41, 5.74) is 3.71. The Morgan fingerprint density at radius 3 is 2.48 bits per heavy atom. The Labute approximate surface area is 126 Å². The summed E-state index contributed by atoms with van der Waals surface area (Å²) in [4.78, 5) is 0. The molecule has 0 heterocycles. The highest BCUT2D eigenvalue weighted by atomic mass is 16.5. The van der Waals surface area contributed by atoms with Crippen LogP contribution in [0.5, 0.6) is 11.5 Å². The first-order valence-corrected chi connectivity index (χ1v) is 7.15. The molecule has 2 aromatic carbocycles. The van der Waals surface area contributed by atoms with Gasteiger partial charge in [0.2, 0.25) is 0 Å². The van der Waals surface area contributed by atoms with Crippen LogP contribution in [0, 0.1) is 6.92 Å². The topological polar surface area (TPSA) is 30.5 Å². The van der Waals surface area contributed by atoms with E-state index in [4.69, 9.17) is 9.47 Å². The van der Waals surface area contributed by atoms with Crippen molar-refractivity contribution in [2.75, 3.05) is 14.2 Å². The zero-order valence-corrected chi connectivity index (χ0v) is 13.1. The van der Waals surface area contributed by atoms with Gasteiger partial charge in [-0.2, -0.15) is 0 Å². The third-order valence-corrected chi connectivity index (χ3v) is 3.74. The van der Waals surface area contributed by atoms with Gasteiger partial charge in [0.25, 0.3) is 0 Å². The fourth-order valence-electron chi connectivity index (χ4n) is 2.47. The van der Waals surface area contributed by atoms with E-state index < -0.39 is 0 Å². The van der Waals surface area contributed by atoms with Gasteiger partial charge in [-0.25, -0.2) is 0 Å². The Hall–Kier alpha value is -2.00. The highest BCUT2D eigenvalue weighted by molar-refractivity contribution is 5.40. The van der Waals surface area contributed by atoms with Crippen molar-refractivity contribution in [1.82, 2.24) is 5.32 Å². The summed E-state index contributed by atoms with van der Waals surface area (Å²) in [5, 5.41) is 3.55. The van der Waals surface area contributed by atoms with Crippen LogP contribution in [0.2, 0.25) is 0 Å². The lowest BCUT2D eigenvalue weighted by Gasteiger charge is -2.18. The third kappa shape index (κ3) is 3.76. The Balaban J connectivity index is 2.10. The third-order valence-electron chi connectivity index (χ3n) is 3.74. The number of methoxy groups -OCH3 is 2. The normalized spacial score (nSPS) is 12.0. The van der Waals surface area contributed by atoms with Gasteiger partial charge in [-0.3, -0.25) is 0 Å². The lowest BCUT2D eigenvalue weighted by atomic mass is 10.0. The van der Waals surface area contributed by atoms with Gasteiger partial charge in [0.15, 0.2) is 0 Å². The molecule has 2 rings (SSSR count). The number of hydrogen-bond acceptors (Lipinski definition) is 3. The minimum Gasteiger partial charge on any atom is -0.497 e. The Morgan fingerprint density at radius 2 is 1.81 bits per heavy atom. The Morgan fingerprint density at radius 1 is 1.05 bits per heavy atom. The summed E-state index contributed by atoms with van der Waals surface area (Å²) >= 11 is 0. The fraction of sp³-hybridized carbons (Fsp3) is 0.333. The number of ether oxygens (including phenoxy) is 2. The van der Waals surface area contributed by atoms with E-state index >= 15 is 0 Å². The van der Waals surface area contributed by atoms with Crippen molar-refractivity contribution < 1.29 is 9.47 Å². The van der Waals surface area contributed by atoms with Gasteiger partial charge >= 0.3 is 0 Å². The molecule has 0 bridgehead atoms. The van der Waals surface area contributed by atoms with Crippen LogP contribution < -0.4 is 14.8 Å². The molecule has 2 aromatic rings. The molecule has 21 heavy (non-hydrogen) atoms. The first kappa shape index (κ1) is 15.4. The van der Waals surface area contributed by atoms with Crippen molar-refractivity contribution in [2.24, 2.45) is 0 Å². The minimum atomic E-state index is 0.280. The lowest BCUT2D eigenvalue weighted by molar-refractivity contribution is 0.395. The van der Waals surface area contributed by atoms with Crippen LogP contribution in [0.4, 0.5) is 0 Å². The van der Waals surface area contributed by atoms with Gasteiger partial charge in [-0.1, -0.05) is 24.3 Å². The first-order valence-electron chi connectivity index (χ1n) is 7.15. The molecule has 0 unspecified atom stereocenters. The second-order valence-electron chi connectivity index (χ2n) is 5.14. The van der Waals surface area contributed by atoms with Crippen LogP contribution in [0.3, 0.4) is 0 Å². The fourth-order valence-corrected chi connectivity index (χ4v) is 2.47. The van der Waals surface area contributed by atoms with Crippen LogP contribution in [-0.4, -0.2) is 14.2 Å². The molecular weight excluding hydrogens is 262 g/mol. The molecule has 0 spiro atoms. The molecule has 0 aliphatic rings. The van der Waals surface area contributed by atoms with E-state index in [0.29, 0.717) is 0 Å². The van der Waals surface area contributed by atoms with Crippen molar-refractivity contribution in [3.63, 3.8) is 0 Å². The Kier molecular flexibility index (Phi) is 5.23. The predicted molar refractivity (Wildman–Crippen MR) is 86.0 cm³/mol. The van der Waals surface area contributed by atoms with Crippen molar-refractivity contribution in [3.05, 3.63) is 59.2 Å². The maximum absolute atomic E-state index is 5.41. The van der Waals surface area contributed by atoms with Crippen molar-refractivity contribution in [3.8, 4) is 11.5 Å². The summed E-state index contributed by atoms with van der Waals surface area (Å²) in [6.07, 6.45) is 0. The quantitative estimate of drug-likeness (QED) is 0.874. The van der Waals surface area contributed by atoms with E-state index in [1.165, 1.54) is 11.1 Å². The van der Waals surface area contributed by atoms with Crippen molar-refractivity contribution >= 4 is 0 Å². The second-order valence-corrected chi connectivity index (χ2v) is 5.14. The molecule has 0 fully saturated rings. The summed E-state index contributed by atoms with van der Waals surface area (Å²) in [7, 11) is 3.37. The van der Waals surface area contributed by atoms with Gasteiger partial charge in [-0.05, 0) is 43.2 Å². The van der Waals surface area contributed by atoms with Crippen LogP contribution in [0.15, 0.2) is 42.5 Å². The van der Waals surface area contributed by atoms with E-state index in [2.05, 4.69) is 43.4 Å². The second kappa shape index (κ2) is 7.14. The molecule has 0 aliphatic carbocycles. The number of aryl methyl sites for hydroxylation is 1. The molecular formula is C18H23NO2. The maximum atomic E-state index is 5.41. The number of nitrogens with one attached hydrogen (secondary N) is 1. The number of benzene rings is 2. The molecule has 0 radical (unpaired) electrons. The molecule has 3 heteroatoms. The monoisotopic (exact) mass is 285 g/mol. The number of rotatable bonds is 6. The minimum absolute atomic E-state index is 0.280. The first-order chi connectivity index (χ1) is 10.2. The van der Waals surface area contributed by atoms with E-state index in [1.54, 1.807) is 14.2 Å². The molecule has 3 nitrogen and oxygen atoms in total. The summed E-state index contributed by atoms with van der Waals surface area (Å²) in [6.45, 7) is 5.05. The molecule has 0 saturated heterocycles. The van der Waals surface area contributed by atoms with Crippen molar-refractivity contribution in [1.29, 1.82) is 0 Å². The van der Waals surface area contributed by atoms with Crippen LogP contribution in [0.1, 0.15) is 29.7 Å². The summed E-state index contributed by atoms with van der Waals surface area (Å²) in [6, 6.07) is 14.6. The SMILES string of the molecule is COc1ccc(OC)c(CN[C@@H](C)c2ccccc2C)c1. The average Bonchev–Trinajstić information content (AvgIpc) is 2.52. The van der Waals surface area contributed by atoms with E-state index in [9.17, 15) is 0 Å². The van der Waals surface area contributed by atoms with Crippen LogP contribution >= 0.6 is 0 Å². The largest absolute Gasteiger partial charge is 0.497 e. The molecule has 0 amide bonds. The highest BCUT2D eigenvalue weighted by Gasteiger charge is 2.10. The maximum Gasteiger partial charge on any atom is 0.123 e. The molecule has 112 valence electrons. The molecule has 0 saturated carbocycles. The van der Waals surface area contributed by atoms with Gasteiger partial charge in [-0.15, -0.1) is 0 Å². The van der Waals surface area contributed by atoms with E-state index in [0.717, 1.165) is 23.6 Å². The zero-order valence-electron chi connectivity index (χ0n) is 13.1. The molecule has 1 atom stereocenters. The zero-order chi connectivity index (χ0) is 15.2. The van der Waals surface area contributed by atoms with Gasteiger partial charge in [0, 0.05) is 18.2 Å². The van der Waals surface area contributed by atoms with Crippen LogP contribution in [0.25, 0.3) is 0 Å². The van der Waals surface area contributed by atoms with Gasteiger partial charge < -0.3 is 14.8 Å². The summed E-state index contributed by atoms with van der Waals surface area (Å²) in [5.74, 6) is 1.72. The average molecular weight is 285 g/mol. The van der Waals surface area contributed by atoms with E-state index in [-0.39, 0.29) is 6.04 Å². The van der Waals surface area contributed by atoms with Crippen molar-refractivity contribution in [2.45, 2.75) is 26.4 Å². The predicted octanol–water partition coefficient (Wildman–Crippen LogP) is 3.86. The standard InChI is InChI=1S/C18H23NO2/c1-13-7-5-6-8-17(13)14(2)19-12-15-11-16(20-3)9-10-18(15)21-4/h5-11,14,19H,12H2,1-4H3/t14-/m0/s1. The van der Waals surface area contributed by atoms with E-state index in [1.807, 2.05) is 18.2 Å². The Bertz CT molecular complexity index is 596. The smallest absolute Gasteiger partial charge is 0.123 e. The number of hydrogen-bond donors (Lipinski definition) is 1. The lowest BCUT2D eigenvalue weighted by Crippen LogP contribution is -2.19. The molecule has 0 aliphatic heterocycles. The van der Waals surface area contributed by atoms with Gasteiger partial charge in [0.1, 0.15) is 11.5 Å². The molecule has 0 aromatic heterocycles.